The van der Waals surface area contributed by atoms with Crippen molar-refractivity contribution >= 4 is 0 Å². The molecule has 2 rings (SSSR count). The van der Waals surface area contributed by atoms with Crippen LogP contribution < -0.4 is 0 Å². The summed E-state index contributed by atoms with van der Waals surface area (Å²) in [5.74, 6) is -4.47. The first-order chi connectivity index (χ1) is 5.56. The Morgan fingerprint density at radius 1 is 1.36 bits per heavy atom. The lowest BCUT2D eigenvalue weighted by atomic mass is 10.1. The van der Waals surface area contributed by atoms with E-state index in [1.807, 2.05) is 0 Å². The zero-order chi connectivity index (χ0) is 8.82. The zero-order valence-electron chi connectivity index (χ0n) is 6.85. The molecule has 0 heterocycles. The topological polar surface area (TPSA) is 0 Å². The second-order valence-corrected chi connectivity index (χ2v) is 2.73. The summed E-state index contributed by atoms with van der Waals surface area (Å²) < 4.78 is 32.8. The van der Waals surface area contributed by atoms with E-state index >= 15 is 0 Å². The largest absolute Gasteiger partial charge is 0.255 e. The molecule has 58 valence electrons. The molecule has 1 aliphatic carbocycles. The van der Waals surface area contributed by atoms with Gasteiger partial charge in [0, 0.05) is 7.79 Å². The SMILES string of the molecule is [2H]C1(c2ccccc2)CC1(F)F. The second-order valence-electron chi connectivity index (χ2n) is 2.73. The van der Waals surface area contributed by atoms with E-state index in [1.54, 1.807) is 30.3 Å². The number of halogens is 2. The van der Waals surface area contributed by atoms with Crippen LogP contribution in [0.15, 0.2) is 30.3 Å². The fourth-order valence-electron chi connectivity index (χ4n) is 1.13. The molecule has 1 aromatic carbocycles. The summed E-state index contributed by atoms with van der Waals surface area (Å²) in [5, 5.41) is 0. The predicted molar refractivity (Wildman–Crippen MR) is 38.7 cm³/mol. The van der Waals surface area contributed by atoms with Crippen LogP contribution in [0.25, 0.3) is 0 Å². The van der Waals surface area contributed by atoms with Gasteiger partial charge in [-0.25, -0.2) is 8.78 Å². The van der Waals surface area contributed by atoms with E-state index in [1.165, 1.54) is 0 Å². The number of rotatable bonds is 1. The fourth-order valence-corrected chi connectivity index (χ4v) is 1.13. The van der Waals surface area contributed by atoms with Crippen molar-refractivity contribution in [1.29, 1.82) is 0 Å². The van der Waals surface area contributed by atoms with Gasteiger partial charge in [0.15, 0.2) is 0 Å². The van der Waals surface area contributed by atoms with Gasteiger partial charge in [0.25, 0.3) is 5.92 Å². The molecule has 2 heteroatoms. The van der Waals surface area contributed by atoms with Crippen LogP contribution in [-0.2, 0) is 0 Å². The van der Waals surface area contributed by atoms with E-state index in [0.29, 0.717) is 5.56 Å². The van der Waals surface area contributed by atoms with Crippen molar-refractivity contribution in [1.82, 2.24) is 0 Å². The van der Waals surface area contributed by atoms with E-state index < -0.39 is 11.8 Å². The maximum absolute atomic E-state index is 12.7. The van der Waals surface area contributed by atoms with E-state index in [4.69, 9.17) is 1.37 Å². The summed E-state index contributed by atoms with van der Waals surface area (Å²) in [4.78, 5) is 0. The van der Waals surface area contributed by atoms with Crippen molar-refractivity contribution in [3.05, 3.63) is 35.9 Å². The van der Waals surface area contributed by atoms with Crippen molar-refractivity contribution in [2.75, 3.05) is 0 Å². The Bertz CT molecular complexity index is 297. The van der Waals surface area contributed by atoms with Crippen molar-refractivity contribution in [3.63, 3.8) is 0 Å². The van der Waals surface area contributed by atoms with E-state index in [-0.39, 0.29) is 6.42 Å². The minimum Gasteiger partial charge on any atom is -0.206 e. The molecule has 11 heavy (non-hydrogen) atoms. The monoisotopic (exact) mass is 155 g/mol. The third kappa shape index (κ3) is 1.13. The molecule has 1 saturated carbocycles. The molecule has 0 amide bonds. The average molecular weight is 155 g/mol. The minimum absolute atomic E-state index is 0.343. The Morgan fingerprint density at radius 2 is 1.91 bits per heavy atom. The molecular weight excluding hydrogens is 146 g/mol. The van der Waals surface area contributed by atoms with E-state index in [9.17, 15) is 8.78 Å². The first-order valence-corrected chi connectivity index (χ1v) is 3.50. The average Bonchev–Trinajstić information content (AvgIpc) is 2.55. The third-order valence-corrected chi connectivity index (χ3v) is 1.84. The van der Waals surface area contributed by atoms with Crippen LogP contribution in [0, 0.1) is 0 Å². The standard InChI is InChI=1S/C9H8F2/c10-9(11)6-8(9)7-4-2-1-3-5-7/h1-5,8H,6H2/i8D. The molecule has 1 unspecified atom stereocenters. The molecule has 0 spiro atoms. The normalized spacial score (nSPS) is 34.5. The van der Waals surface area contributed by atoms with Gasteiger partial charge < -0.3 is 0 Å². The Kier molecular flexibility index (Phi) is 1.05. The number of benzene rings is 1. The van der Waals surface area contributed by atoms with Gasteiger partial charge >= 0.3 is 0 Å². The molecule has 0 N–H and O–H groups in total. The summed E-state index contributed by atoms with van der Waals surface area (Å²) in [5.41, 5.74) is 0.412. The summed E-state index contributed by atoms with van der Waals surface area (Å²) in [6.45, 7) is 0. The van der Waals surface area contributed by atoms with Crippen molar-refractivity contribution in [3.8, 4) is 0 Å². The minimum atomic E-state index is -2.83. The van der Waals surface area contributed by atoms with Gasteiger partial charge in [0.05, 0.1) is 5.89 Å². The molecule has 1 fully saturated rings. The van der Waals surface area contributed by atoms with Gasteiger partial charge in [0.1, 0.15) is 0 Å². The molecule has 1 aliphatic rings. The highest BCUT2D eigenvalue weighted by Crippen LogP contribution is 2.55. The van der Waals surface area contributed by atoms with Gasteiger partial charge in [-0.2, -0.15) is 0 Å². The van der Waals surface area contributed by atoms with Crippen LogP contribution in [0.5, 0.6) is 0 Å². The van der Waals surface area contributed by atoms with Gasteiger partial charge in [-0.1, -0.05) is 30.3 Å². The van der Waals surface area contributed by atoms with Gasteiger partial charge in [0.2, 0.25) is 0 Å². The molecule has 1 aromatic rings. The number of hydrogen-bond acceptors (Lipinski definition) is 0. The highest BCUT2D eigenvalue weighted by Gasteiger charge is 2.57. The van der Waals surface area contributed by atoms with Crippen LogP contribution in [0.4, 0.5) is 8.78 Å². The smallest absolute Gasteiger partial charge is 0.206 e. The van der Waals surface area contributed by atoms with Gasteiger partial charge in [-0.3, -0.25) is 0 Å². The molecule has 0 aromatic heterocycles. The quantitative estimate of drug-likeness (QED) is 0.585. The molecule has 1 atom stereocenters. The Hall–Kier alpha value is -0.920. The molecule has 0 aliphatic heterocycles. The lowest BCUT2D eigenvalue weighted by molar-refractivity contribution is 0.112. The molecule has 0 radical (unpaired) electrons. The van der Waals surface area contributed by atoms with Gasteiger partial charge in [-0.15, -0.1) is 0 Å². The Labute approximate surface area is 65.3 Å². The Balaban J connectivity index is 2.35. The molecule has 0 saturated heterocycles. The van der Waals surface area contributed by atoms with Crippen molar-refractivity contribution in [2.45, 2.75) is 18.2 Å². The Morgan fingerprint density at radius 3 is 2.36 bits per heavy atom. The molecular formula is C9H8F2. The molecule has 0 bridgehead atoms. The van der Waals surface area contributed by atoms with Gasteiger partial charge in [-0.05, 0) is 5.56 Å². The summed E-state index contributed by atoms with van der Waals surface area (Å²) in [6, 6.07) is 8.27. The van der Waals surface area contributed by atoms with Crippen LogP contribution in [-0.4, -0.2) is 5.92 Å². The van der Waals surface area contributed by atoms with Crippen LogP contribution in [0.3, 0.4) is 0 Å². The maximum atomic E-state index is 12.7. The third-order valence-electron chi connectivity index (χ3n) is 1.84. The summed E-state index contributed by atoms with van der Waals surface area (Å²) in [7, 11) is 0. The molecule has 0 nitrogen and oxygen atoms in total. The second kappa shape index (κ2) is 2.03. The van der Waals surface area contributed by atoms with Crippen molar-refractivity contribution in [2.24, 2.45) is 0 Å². The maximum Gasteiger partial charge on any atom is 0.255 e. The van der Waals surface area contributed by atoms with Crippen LogP contribution in [0.2, 0.25) is 0 Å². The van der Waals surface area contributed by atoms with E-state index in [2.05, 4.69) is 0 Å². The summed E-state index contributed by atoms with van der Waals surface area (Å²) in [6.07, 6.45) is -0.343. The number of hydrogen-bond donors (Lipinski definition) is 0. The predicted octanol–water partition coefficient (Wildman–Crippen LogP) is 2.81. The number of alkyl halides is 2. The first kappa shape index (κ1) is 5.70. The zero-order valence-corrected chi connectivity index (χ0v) is 5.85. The van der Waals surface area contributed by atoms with Crippen LogP contribution in [0.1, 0.15) is 19.2 Å². The lowest BCUT2D eigenvalue weighted by Gasteiger charge is -1.96. The van der Waals surface area contributed by atoms with Crippen molar-refractivity contribution < 1.29 is 10.2 Å². The fraction of sp³-hybridized carbons (Fsp3) is 0.333. The lowest BCUT2D eigenvalue weighted by Crippen LogP contribution is -1.91. The van der Waals surface area contributed by atoms with E-state index in [0.717, 1.165) is 0 Å². The highest BCUT2D eigenvalue weighted by atomic mass is 19.3. The summed E-state index contributed by atoms with van der Waals surface area (Å²) >= 11 is 0. The highest BCUT2D eigenvalue weighted by molar-refractivity contribution is 5.28. The van der Waals surface area contributed by atoms with Crippen LogP contribution >= 0.6 is 0 Å². The first-order valence-electron chi connectivity index (χ1n) is 4.00.